The molecule has 3 heteroatoms. The molecule has 1 aromatic rings. The van der Waals surface area contributed by atoms with E-state index in [4.69, 9.17) is 4.74 Å². The van der Waals surface area contributed by atoms with E-state index in [0.717, 1.165) is 0 Å². The van der Waals surface area contributed by atoms with Gasteiger partial charge in [-0.25, -0.2) is 4.39 Å². The number of halogens is 2. The lowest BCUT2D eigenvalue weighted by atomic mass is 10.2. The van der Waals surface area contributed by atoms with Gasteiger partial charge in [-0.1, -0.05) is 26.0 Å². The van der Waals surface area contributed by atoms with Crippen LogP contribution in [-0.2, 0) is 0 Å². The van der Waals surface area contributed by atoms with E-state index >= 15 is 0 Å². The average molecular weight is 273 g/mol. The summed E-state index contributed by atoms with van der Waals surface area (Å²) in [6.07, 6.45) is 4.03. The van der Waals surface area contributed by atoms with E-state index in [9.17, 15) is 4.39 Å². The van der Waals surface area contributed by atoms with Crippen LogP contribution in [0.2, 0.25) is 0 Å². The lowest BCUT2D eigenvalue weighted by Crippen LogP contribution is -1.95. The van der Waals surface area contributed by atoms with Crippen LogP contribution >= 0.6 is 15.9 Å². The first-order valence-electron chi connectivity index (χ1n) is 4.84. The molecule has 0 aliphatic rings. The predicted molar refractivity (Wildman–Crippen MR) is 63.6 cm³/mol. The molecule has 0 saturated heterocycles. The number of hydrogen-bond acceptors (Lipinski definition) is 1. The van der Waals surface area contributed by atoms with Gasteiger partial charge >= 0.3 is 0 Å². The highest BCUT2D eigenvalue weighted by molar-refractivity contribution is 9.10. The van der Waals surface area contributed by atoms with Crippen molar-refractivity contribution >= 4 is 15.9 Å². The van der Waals surface area contributed by atoms with Crippen LogP contribution in [0.25, 0.3) is 0 Å². The summed E-state index contributed by atoms with van der Waals surface area (Å²) in [6, 6.07) is 4.39. The summed E-state index contributed by atoms with van der Waals surface area (Å²) < 4.78 is 18.8. The predicted octanol–water partition coefficient (Wildman–Crippen LogP) is 4.18. The topological polar surface area (TPSA) is 9.23 Å². The number of allylic oxidation sites excluding steroid dienone is 1. The van der Waals surface area contributed by atoms with E-state index < -0.39 is 0 Å². The minimum absolute atomic E-state index is 0.271. The van der Waals surface area contributed by atoms with E-state index in [-0.39, 0.29) is 5.82 Å². The van der Waals surface area contributed by atoms with Gasteiger partial charge in [0.2, 0.25) is 0 Å². The highest BCUT2D eigenvalue weighted by atomic mass is 79.9. The van der Waals surface area contributed by atoms with Crippen LogP contribution in [0.1, 0.15) is 13.8 Å². The van der Waals surface area contributed by atoms with E-state index in [1.807, 2.05) is 6.08 Å². The lowest BCUT2D eigenvalue weighted by molar-refractivity contribution is 0.359. The Morgan fingerprint density at radius 3 is 2.80 bits per heavy atom. The Kier molecular flexibility index (Phi) is 4.82. The number of rotatable bonds is 4. The summed E-state index contributed by atoms with van der Waals surface area (Å²) in [5.41, 5.74) is 0. The fraction of sp³-hybridized carbons (Fsp3) is 0.333. The van der Waals surface area contributed by atoms with Gasteiger partial charge in [0.15, 0.2) is 0 Å². The first kappa shape index (κ1) is 12.2. The smallest absolute Gasteiger partial charge is 0.134 e. The molecule has 1 nitrogen and oxygen atoms in total. The van der Waals surface area contributed by atoms with Crippen molar-refractivity contribution in [2.24, 2.45) is 5.92 Å². The molecular formula is C12H14BrFO. The Morgan fingerprint density at radius 1 is 1.47 bits per heavy atom. The minimum Gasteiger partial charge on any atom is -0.488 e. The van der Waals surface area contributed by atoms with Crippen molar-refractivity contribution in [3.05, 3.63) is 40.6 Å². The third kappa shape index (κ3) is 4.47. The number of benzene rings is 1. The first-order chi connectivity index (χ1) is 7.09. The van der Waals surface area contributed by atoms with Crippen LogP contribution in [0.5, 0.6) is 5.75 Å². The van der Waals surface area contributed by atoms with Crippen LogP contribution in [0.15, 0.2) is 34.8 Å². The third-order valence-corrected chi connectivity index (χ3v) is 2.37. The summed E-state index contributed by atoms with van der Waals surface area (Å²) in [6.45, 7) is 4.71. The molecule has 0 amide bonds. The second kappa shape index (κ2) is 5.91. The number of ether oxygens (including phenoxy) is 1. The van der Waals surface area contributed by atoms with Gasteiger partial charge < -0.3 is 4.74 Å². The zero-order valence-corrected chi connectivity index (χ0v) is 10.4. The molecule has 0 bridgehead atoms. The van der Waals surface area contributed by atoms with Crippen molar-refractivity contribution in [1.29, 1.82) is 0 Å². The molecule has 0 heterocycles. The van der Waals surface area contributed by atoms with Crippen molar-refractivity contribution in [3.8, 4) is 5.75 Å². The molecule has 1 aromatic carbocycles. The third-order valence-electron chi connectivity index (χ3n) is 1.75. The molecule has 0 radical (unpaired) electrons. The first-order valence-corrected chi connectivity index (χ1v) is 5.63. The second-order valence-electron chi connectivity index (χ2n) is 3.56. The largest absolute Gasteiger partial charge is 0.488 e. The van der Waals surface area contributed by atoms with Crippen molar-refractivity contribution < 1.29 is 9.13 Å². The standard InChI is InChI=1S/C12H14BrFO/c1-9(2)4-3-7-15-12-6-5-10(14)8-11(12)13/h3-6,8-9H,7H2,1-2H3/b4-3+. The van der Waals surface area contributed by atoms with E-state index in [1.165, 1.54) is 12.1 Å². The summed E-state index contributed by atoms with van der Waals surface area (Å²) in [5, 5.41) is 0. The van der Waals surface area contributed by atoms with Gasteiger partial charge in [-0.05, 0) is 40.0 Å². The molecular weight excluding hydrogens is 259 g/mol. The zero-order valence-electron chi connectivity index (χ0n) is 8.84. The van der Waals surface area contributed by atoms with E-state index in [2.05, 4.69) is 35.9 Å². The Morgan fingerprint density at radius 2 is 2.20 bits per heavy atom. The maximum Gasteiger partial charge on any atom is 0.134 e. The molecule has 0 N–H and O–H groups in total. The molecule has 0 saturated carbocycles. The quantitative estimate of drug-likeness (QED) is 0.748. The van der Waals surface area contributed by atoms with Crippen molar-refractivity contribution in [3.63, 3.8) is 0 Å². The second-order valence-corrected chi connectivity index (χ2v) is 4.41. The van der Waals surface area contributed by atoms with Gasteiger partial charge in [-0.15, -0.1) is 0 Å². The van der Waals surface area contributed by atoms with Crippen molar-refractivity contribution in [2.45, 2.75) is 13.8 Å². The summed E-state index contributed by atoms with van der Waals surface area (Å²) in [5.74, 6) is 0.905. The van der Waals surface area contributed by atoms with Crippen molar-refractivity contribution in [2.75, 3.05) is 6.61 Å². The summed E-state index contributed by atoms with van der Waals surface area (Å²) in [4.78, 5) is 0. The zero-order chi connectivity index (χ0) is 11.3. The van der Waals surface area contributed by atoms with Crippen LogP contribution in [0.3, 0.4) is 0 Å². The van der Waals surface area contributed by atoms with Gasteiger partial charge in [-0.2, -0.15) is 0 Å². The normalized spacial score (nSPS) is 11.3. The highest BCUT2D eigenvalue weighted by Crippen LogP contribution is 2.25. The van der Waals surface area contributed by atoms with Crippen LogP contribution in [-0.4, -0.2) is 6.61 Å². The average Bonchev–Trinajstić information content (AvgIpc) is 2.14. The van der Waals surface area contributed by atoms with Crippen molar-refractivity contribution in [1.82, 2.24) is 0 Å². The van der Waals surface area contributed by atoms with Gasteiger partial charge in [0.25, 0.3) is 0 Å². The summed E-state index contributed by atoms with van der Waals surface area (Å²) >= 11 is 3.24. The molecule has 0 aliphatic heterocycles. The Labute approximate surface area is 98.1 Å². The maximum absolute atomic E-state index is 12.7. The molecule has 0 atom stereocenters. The SMILES string of the molecule is CC(C)/C=C/COc1ccc(F)cc1Br. The molecule has 0 fully saturated rings. The van der Waals surface area contributed by atoms with Gasteiger partial charge in [0.1, 0.15) is 18.2 Å². The van der Waals surface area contributed by atoms with Crippen LogP contribution in [0.4, 0.5) is 4.39 Å². The minimum atomic E-state index is -0.271. The fourth-order valence-corrected chi connectivity index (χ4v) is 1.52. The Bertz CT molecular complexity index is 347. The molecule has 0 aromatic heterocycles. The molecule has 1 rings (SSSR count). The molecule has 15 heavy (non-hydrogen) atoms. The van der Waals surface area contributed by atoms with Crippen LogP contribution < -0.4 is 4.74 Å². The highest BCUT2D eigenvalue weighted by Gasteiger charge is 2.00. The van der Waals surface area contributed by atoms with E-state index in [0.29, 0.717) is 22.7 Å². The van der Waals surface area contributed by atoms with Gasteiger partial charge in [0, 0.05) is 0 Å². The summed E-state index contributed by atoms with van der Waals surface area (Å²) in [7, 11) is 0. The number of hydrogen-bond donors (Lipinski definition) is 0. The molecule has 0 spiro atoms. The molecule has 0 aliphatic carbocycles. The Hall–Kier alpha value is -0.830. The molecule has 82 valence electrons. The monoisotopic (exact) mass is 272 g/mol. The maximum atomic E-state index is 12.7. The van der Waals surface area contributed by atoms with E-state index in [1.54, 1.807) is 6.07 Å². The fourth-order valence-electron chi connectivity index (χ4n) is 1.06. The Balaban J connectivity index is 2.51. The van der Waals surface area contributed by atoms with Gasteiger partial charge in [0.05, 0.1) is 4.47 Å². The molecule has 0 unspecified atom stereocenters. The van der Waals surface area contributed by atoms with Crippen LogP contribution in [0, 0.1) is 11.7 Å². The van der Waals surface area contributed by atoms with Gasteiger partial charge in [-0.3, -0.25) is 0 Å². The lowest BCUT2D eigenvalue weighted by Gasteiger charge is -2.05.